The maximum absolute atomic E-state index is 13.3. The summed E-state index contributed by atoms with van der Waals surface area (Å²) in [5.74, 6) is 0.693. The molecule has 178 valence electrons. The van der Waals surface area contributed by atoms with Crippen LogP contribution < -0.4 is 15.4 Å². The van der Waals surface area contributed by atoms with Crippen LogP contribution in [0.5, 0.6) is 5.88 Å². The molecule has 0 saturated carbocycles. The van der Waals surface area contributed by atoms with Gasteiger partial charge >= 0.3 is 0 Å². The number of aromatic nitrogens is 7. The summed E-state index contributed by atoms with van der Waals surface area (Å²) in [6.07, 6.45) is 0.622. The molecule has 1 aliphatic heterocycles. The lowest BCUT2D eigenvalue weighted by Crippen LogP contribution is -2.50. The van der Waals surface area contributed by atoms with Crippen molar-refractivity contribution < 1.29 is 23.9 Å². The van der Waals surface area contributed by atoms with Crippen LogP contribution in [0.3, 0.4) is 0 Å². The summed E-state index contributed by atoms with van der Waals surface area (Å²) in [6.45, 7) is 0.470. The van der Waals surface area contributed by atoms with E-state index in [1.165, 1.54) is 18.2 Å². The van der Waals surface area contributed by atoms with E-state index < -0.39 is 18.1 Å². The van der Waals surface area contributed by atoms with Crippen molar-refractivity contribution in [3.8, 4) is 11.6 Å². The van der Waals surface area contributed by atoms with Gasteiger partial charge in [-0.3, -0.25) is 9.69 Å². The van der Waals surface area contributed by atoms with E-state index in [1.807, 2.05) is 0 Å². The zero-order valence-corrected chi connectivity index (χ0v) is 18.3. The standard InChI is InChI=1S/C21H19N9O5/c1-33-16-6-10(9-23-26-16)30-3-2-15(27-30)29-4-5-34-18(21(29)32)17(31)20-24-12-7-11-14(8-13(12)25-20)35-28-19(11)22/h2-3,6-9,17-18,28,31H,4-5,22H2,1H3/t17-,18-/m1/s1. The van der Waals surface area contributed by atoms with Crippen molar-refractivity contribution in [1.82, 2.24) is 35.1 Å². The number of aliphatic hydroxyl groups is 1. The van der Waals surface area contributed by atoms with Gasteiger partial charge in [0, 0.05) is 24.4 Å². The summed E-state index contributed by atoms with van der Waals surface area (Å²) in [5, 5.41) is 26.4. The van der Waals surface area contributed by atoms with E-state index in [2.05, 4.69) is 30.4 Å². The Labute approximate surface area is 196 Å². The number of nitrogen functional groups attached to an aromatic ring is 1. The molecule has 0 radical (unpaired) electrons. The summed E-state index contributed by atoms with van der Waals surface area (Å²) in [4.78, 5) is 23.5. The molecule has 14 heteroatoms. The van der Waals surface area contributed by atoms with E-state index in [-0.39, 0.29) is 19.0 Å². The molecular weight excluding hydrogens is 458 g/mol. The van der Waals surface area contributed by atoms with Crippen LogP contribution in [-0.4, -0.2) is 72.5 Å². The summed E-state index contributed by atoms with van der Waals surface area (Å²) >= 11 is 0. The number of H-pyrrole nitrogens is 1. The van der Waals surface area contributed by atoms with Crippen LogP contribution in [0.25, 0.3) is 27.7 Å². The molecule has 6 rings (SSSR count). The Morgan fingerprint density at radius 1 is 1.29 bits per heavy atom. The number of anilines is 2. The van der Waals surface area contributed by atoms with Crippen molar-refractivity contribution in [2.75, 3.05) is 30.9 Å². The van der Waals surface area contributed by atoms with Crippen LogP contribution in [0.1, 0.15) is 11.9 Å². The second kappa shape index (κ2) is 8.03. The summed E-state index contributed by atoms with van der Waals surface area (Å²) in [7, 11) is 1.49. The van der Waals surface area contributed by atoms with Crippen molar-refractivity contribution in [1.29, 1.82) is 0 Å². The number of amides is 1. The van der Waals surface area contributed by atoms with Crippen molar-refractivity contribution in [3.63, 3.8) is 0 Å². The number of nitrogens with two attached hydrogens (primary N) is 1. The van der Waals surface area contributed by atoms with E-state index in [0.29, 0.717) is 45.2 Å². The highest BCUT2D eigenvalue weighted by atomic mass is 16.5. The Kier molecular flexibility index (Phi) is 4.82. The minimum absolute atomic E-state index is 0.0656. The number of fused-ring (bicyclic) bond motifs is 2. The van der Waals surface area contributed by atoms with Gasteiger partial charge in [0.05, 0.1) is 48.6 Å². The molecule has 0 spiro atoms. The number of ether oxygens (including phenoxy) is 2. The lowest BCUT2D eigenvalue weighted by atomic mass is 10.1. The molecule has 4 aromatic heterocycles. The molecule has 0 aliphatic carbocycles. The van der Waals surface area contributed by atoms with E-state index in [9.17, 15) is 9.90 Å². The molecule has 0 unspecified atom stereocenters. The van der Waals surface area contributed by atoms with Crippen LogP contribution in [-0.2, 0) is 9.53 Å². The van der Waals surface area contributed by atoms with Crippen molar-refractivity contribution in [2.45, 2.75) is 12.2 Å². The number of carbonyl (C=O) groups is 1. The molecular formula is C21H19N9O5. The molecule has 0 bridgehead atoms. The zero-order valence-electron chi connectivity index (χ0n) is 18.3. The number of nitrogens with zero attached hydrogens (tertiary/aromatic N) is 7. The molecule has 1 aliphatic rings. The van der Waals surface area contributed by atoms with E-state index in [4.69, 9.17) is 19.7 Å². The average molecular weight is 477 g/mol. The summed E-state index contributed by atoms with van der Waals surface area (Å²) in [6, 6.07) is 6.71. The predicted molar refractivity (Wildman–Crippen MR) is 121 cm³/mol. The molecule has 1 amide bonds. The average Bonchev–Trinajstić information content (AvgIpc) is 3.61. The van der Waals surface area contributed by atoms with E-state index in [1.54, 1.807) is 35.1 Å². The fraction of sp³-hybridized carbons (Fsp3) is 0.238. The highest BCUT2D eigenvalue weighted by molar-refractivity contribution is 5.98. The van der Waals surface area contributed by atoms with Gasteiger partial charge in [0.15, 0.2) is 23.3 Å². The maximum Gasteiger partial charge on any atom is 0.260 e. The first-order chi connectivity index (χ1) is 17.0. The van der Waals surface area contributed by atoms with Gasteiger partial charge in [0.25, 0.3) is 5.91 Å². The van der Waals surface area contributed by atoms with Crippen LogP contribution >= 0.6 is 0 Å². The van der Waals surface area contributed by atoms with Crippen LogP contribution in [0.2, 0.25) is 0 Å². The quantitative estimate of drug-likeness (QED) is 0.324. The normalized spacial score (nSPS) is 17.4. The Morgan fingerprint density at radius 2 is 2.11 bits per heavy atom. The topological polar surface area (TPSA) is 183 Å². The smallest absolute Gasteiger partial charge is 0.260 e. The van der Waals surface area contributed by atoms with Crippen molar-refractivity contribution in [3.05, 3.63) is 42.5 Å². The lowest BCUT2D eigenvalue weighted by Gasteiger charge is -2.32. The SMILES string of the molecule is COc1cc(-n2ccc(N3CCO[C@H]([C@@H](O)c4nc5cc6o[nH]c(N)c6cc5n4)C3=O)n2)cnn1. The minimum Gasteiger partial charge on any atom is -0.480 e. The highest BCUT2D eigenvalue weighted by Crippen LogP contribution is 2.29. The van der Waals surface area contributed by atoms with Crippen molar-refractivity contribution >= 4 is 39.5 Å². The molecule has 1 saturated heterocycles. The number of aromatic amines is 1. The van der Waals surface area contributed by atoms with Gasteiger partial charge < -0.3 is 24.8 Å². The van der Waals surface area contributed by atoms with Gasteiger partial charge in [-0.2, -0.15) is 5.10 Å². The predicted octanol–water partition coefficient (Wildman–Crippen LogP) is 0.736. The highest BCUT2D eigenvalue weighted by Gasteiger charge is 2.39. The number of hydrogen-bond acceptors (Lipinski definition) is 11. The van der Waals surface area contributed by atoms with Crippen LogP contribution in [0, 0.1) is 0 Å². The minimum atomic E-state index is -1.39. The third-order valence-corrected chi connectivity index (χ3v) is 5.72. The Bertz CT molecular complexity index is 1560. The number of nitrogens with one attached hydrogen (secondary N) is 1. The molecule has 5 aromatic rings. The fourth-order valence-electron chi connectivity index (χ4n) is 3.96. The van der Waals surface area contributed by atoms with Gasteiger partial charge in [0.1, 0.15) is 11.9 Å². The molecule has 1 aromatic carbocycles. The summed E-state index contributed by atoms with van der Waals surface area (Å²) in [5.41, 5.74) is 7.97. The Balaban J connectivity index is 1.26. The first-order valence-electron chi connectivity index (χ1n) is 10.6. The summed E-state index contributed by atoms with van der Waals surface area (Å²) < 4.78 is 17.5. The number of rotatable bonds is 5. The van der Waals surface area contributed by atoms with Gasteiger partial charge in [-0.15, -0.1) is 10.2 Å². The second-order valence-corrected chi connectivity index (χ2v) is 7.84. The molecule has 14 nitrogen and oxygen atoms in total. The molecule has 5 heterocycles. The number of imidazole rings is 1. The molecule has 35 heavy (non-hydrogen) atoms. The molecule has 2 atom stereocenters. The lowest BCUT2D eigenvalue weighted by molar-refractivity contribution is -0.143. The van der Waals surface area contributed by atoms with Crippen molar-refractivity contribution in [2.24, 2.45) is 0 Å². The van der Waals surface area contributed by atoms with E-state index >= 15 is 0 Å². The second-order valence-electron chi connectivity index (χ2n) is 7.84. The fourth-order valence-corrected chi connectivity index (χ4v) is 3.96. The third kappa shape index (κ3) is 3.51. The zero-order chi connectivity index (χ0) is 24.1. The first kappa shape index (κ1) is 21.0. The van der Waals surface area contributed by atoms with Crippen LogP contribution in [0.15, 0.2) is 41.2 Å². The molecule has 4 N–H and O–H groups in total. The Hall–Kier alpha value is -4.56. The number of methoxy groups -OCH3 is 1. The monoisotopic (exact) mass is 477 g/mol. The number of hydrogen-bond donors (Lipinski definition) is 3. The Morgan fingerprint density at radius 3 is 2.94 bits per heavy atom. The van der Waals surface area contributed by atoms with Crippen LogP contribution in [0.4, 0.5) is 11.6 Å². The van der Waals surface area contributed by atoms with Gasteiger partial charge in [-0.25, -0.2) is 19.8 Å². The van der Waals surface area contributed by atoms with Gasteiger partial charge in [0.2, 0.25) is 5.88 Å². The maximum atomic E-state index is 13.3. The number of carbonyl (C=O) groups excluding carboxylic acids is 1. The molecule has 1 fully saturated rings. The van der Waals surface area contributed by atoms with E-state index in [0.717, 1.165) is 0 Å². The first-order valence-corrected chi connectivity index (χ1v) is 10.6. The number of benzene rings is 1. The van der Waals surface area contributed by atoms with Gasteiger partial charge in [-0.05, 0) is 6.07 Å². The number of morpholine rings is 1. The largest absolute Gasteiger partial charge is 0.480 e. The number of aliphatic hydroxyl groups excluding tert-OH is 1. The van der Waals surface area contributed by atoms with Gasteiger partial charge in [-0.1, -0.05) is 0 Å². The third-order valence-electron chi connectivity index (χ3n) is 5.72.